The summed E-state index contributed by atoms with van der Waals surface area (Å²) < 4.78 is 9.84. The Kier molecular flexibility index (Phi) is 34.1. The molecule has 1 aliphatic heterocycles. The minimum atomic E-state index is -0.662. The minimum Gasteiger partial charge on any atom is -0.542 e. The molecule has 0 bridgehead atoms. The Morgan fingerprint density at radius 3 is 2.23 bits per heavy atom. The van der Waals surface area contributed by atoms with E-state index in [1.165, 1.54) is 30.4 Å². The van der Waals surface area contributed by atoms with Gasteiger partial charge in [0, 0.05) is 13.1 Å². The van der Waals surface area contributed by atoms with Gasteiger partial charge in [0.2, 0.25) is 12.2 Å². The summed E-state index contributed by atoms with van der Waals surface area (Å²) in [6, 6.07) is 15.7. The molecule has 2 aromatic carbocycles. The van der Waals surface area contributed by atoms with Crippen LogP contribution in [0.1, 0.15) is 56.4 Å². The molecule has 298 valence electrons. The van der Waals surface area contributed by atoms with E-state index in [0.717, 1.165) is 42.2 Å². The quantitative estimate of drug-likeness (QED) is 0.0402. The van der Waals surface area contributed by atoms with Crippen LogP contribution in [0.4, 0.5) is 4.79 Å². The van der Waals surface area contributed by atoms with E-state index >= 15 is 0 Å². The van der Waals surface area contributed by atoms with Gasteiger partial charge in [-0.3, -0.25) is 11.1 Å². The third-order valence-corrected chi connectivity index (χ3v) is 8.42. The molecule has 0 spiro atoms. The fourth-order valence-corrected chi connectivity index (χ4v) is 5.37. The average Bonchev–Trinajstić information content (AvgIpc) is 3.42. The molecule has 16 heteroatoms. The number of ether oxygens (including phenoxy) is 2. The van der Waals surface area contributed by atoms with Crippen molar-refractivity contribution in [3.63, 3.8) is 0 Å². The summed E-state index contributed by atoms with van der Waals surface area (Å²) >= 11 is 0. The zero-order valence-corrected chi connectivity index (χ0v) is 38.0. The van der Waals surface area contributed by atoms with Gasteiger partial charge in [-0.1, -0.05) is 75.7 Å². The fraction of sp³-hybridized carbons (Fsp3) is 0.400. The number of carbonyl (C=O) groups excluding carboxylic acids is 5. The number of isocyanates is 2. The van der Waals surface area contributed by atoms with Gasteiger partial charge in [-0.15, -0.1) is 0 Å². The van der Waals surface area contributed by atoms with Crippen LogP contribution in [0.2, 0.25) is 0 Å². The molecular formula is C40H53BN5O8PU. The monoisotopic (exact) mass is 1010 g/mol. The molecule has 1 amide bonds. The second-order valence-electron chi connectivity index (χ2n) is 12.3. The summed E-state index contributed by atoms with van der Waals surface area (Å²) in [5.41, 5.74) is 4.79. The molecule has 0 saturated carbocycles. The summed E-state index contributed by atoms with van der Waals surface area (Å²) in [7, 11) is 3.39. The summed E-state index contributed by atoms with van der Waals surface area (Å²) in [6.45, 7) is 14.4. The van der Waals surface area contributed by atoms with Crippen molar-refractivity contribution in [3.05, 3.63) is 113 Å². The molecule has 0 saturated heterocycles. The summed E-state index contributed by atoms with van der Waals surface area (Å²) in [5, 5.41) is 15.3. The van der Waals surface area contributed by atoms with Crippen LogP contribution in [-0.4, -0.2) is 76.7 Å². The van der Waals surface area contributed by atoms with Crippen molar-refractivity contribution in [3.8, 4) is 0 Å². The van der Waals surface area contributed by atoms with Crippen LogP contribution in [-0.2, 0) is 54.7 Å². The molecule has 1 aliphatic rings. The van der Waals surface area contributed by atoms with Gasteiger partial charge in [-0.05, 0) is 29.1 Å². The molecule has 0 aliphatic carbocycles. The molecule has 0 fully saturated rings. The van der Waals surface area contributed by atoms with Crippen molar-refractivity contribution < 1.29 is 69.6 Å². The first kappa shape index (κ1) is 54.0. The van der Waals surface area contributed by atoms with Gasteiger partial charge in [0.05, 0.1) is 26.3 Å². The SMILES string of the molecule is CC(C)Cc1cccc(CN=BO)c1.CNCC1=CPC(CN=C=O)=CC=C1.C[C-]=O.[CH2-]C(CC)(COC=O)COC(=O)NCc1cccc(CN=C=O)c1.[U+2]. The molecule has 13 nitrogen and oxygen atoms in total. The number of aliphatic imine (C=N–C) groups is 2. The molecule has 2 atom stereocenters. The molecule has 0 aromatic heterocycles. The van der Waals surface area contributed by atoms with Crippen LogP contribution in [0.25, 0.3) is 0 Å². The number of carbonyl (C=O) groups is 2. The first-order chi connectivity index (χ1) is 26.5. The van der Waals surface area contributed by atoms with Gasteiger partial charge in [0.15, 0.2) is 0 Å². The number of hydrogen-bond donors (Lipinski definition) is 3. The zero-order chi connectivity index (χ0) is 41.2. The van der Waals surface area contributed by atoms with Crippen molar-refractivity contribution in [1.29, 1.82) is 0 Å². The maximum atomic E-state index is 11.8. The van der Waals surface area contributed by atoms with Crippen molar-refractivity contribution in [1.82, 2.24) is 10.6 Å². The van der Waals surface area contributed by atoms with E-state index in [4.69, 9.17) is 19.3 Å². The van der Waals surface area contributed by atoms with E-state index in [-0.39, 0.29) is 57.4 Å². The van der Waals surface area contributed by atoms with Crippen molar-refractivity contribution >= 4 is 46.9 Å². The Labute approximate surface area is 357 Å². The minimum absolute atomic E-state index is 0. The number of likely N-dealkylation sites (N-methyl/N-ethyl adjacent to an activating group) is 1. The summed E-state index contributed by atoms with van der Waals surface area (Å²) in [4.78, 5) is 61.6. The van der Waals surface area contributed by atoms with Gasteiger partial charge in [-0.2, -0.15) is 6.92 Å². The maximum absolute atomic E-state index is 11.8. The van der Waals surface area contributed by atoms with E-state index in [2.05, 4.69) is 70.3 Å². The Balaban J connectivity index is 0. The number of nitrogens with one attached hydrogen (secondary N) is 2. The van der Waals surface area contributed by atoms with Gasteiger partial charge in [-0.25, -0.2) is 24.4 Å². The molecule has 0 radical (unpaired) electrons. The van der Waals surface area contributed by atoms with Gasteiger partial charge >= 0.3 is 123 Å². The zero-order valence-electron chi connectivity index (χ0n) is 32.9. The molecule has 2 aromatic rings. The Morgan fingerprint density at radius 2 is 1.64 bits per heavy atom. The first-order valence-electron chi connectivity index (χ1n) is 17.5. The van der Waals surface area contributed by atoms with Crippen LogP contribution in [0.15, 0.2) is 98.3 Å². The number of hydrogen-bond acceptors (Lipinski definition) is 11. The van der Waals surface area contributed by atoms with E-state index in [1.54, 1.807) is 6.08 Å². The predicted octanol–water partition coefficient (Wildman–Crippen LogP) is 6.01. The second-order valence-corrected chi connectivity index (χ2v) is 13.6. The van der Waals surface area contributed by atoms with E-state index in [9.17, 15) is 19.2 Å². The Bertz CT molecular complexity index is 1660. The maximum Gasteiger partial charge on any atom is 2.00 e. The topological polar surface area (TPSA) is 185 Å². The van der Waals surface area contributed by atoms with E-state index in [1.807, 2.05) is 62.5 Å². The van der Waals surface area contributed by atoms with Gasteiger partial charge in [0.25, 0.3) is 6.47 Å². The largest absolute Gasteiger partial charge is 2.00 e. The smallest absolute Gasteiger partial charge is 0.542 e. The summed E-state index contributed by atoms with van der Waals surface area (Å²) in [5.74, 6) is 2.85. The predicted molar refractivity (Wildman–Crippen MR) is 218 cm³/mol. The third-order valence-electron chi connectivity index (χ3n) is 7.21. The molecule has 3 N–H and O–H groups in total. The second kappa shape index (κ2) is 35.4. The molecular weight excluding hydrogens is 958 g/mol. The van der Waals surface area contributed by atoms with Crippen LogP contribution in [0.5, 0.6) is 0 Å². The standard InChI is InChI=1S/C17H21N2O5.C11H16BNO.C10H13N2OP.C2H3O.U/c1-3-17(2,10-23-13-21)11-24-16(22)19-9-15-6-4-5-14(7-15)8-18-12-20;1-9(2)6-10-4-3-5-11(7-10)8-13-12-14;1-11-5-9-3-2-4-10(14-7-9)6-12-8-13;1-2-3;/h4-7,13H,2-3,8-11H2,1H3,(H,19,22);3-5,7,9,14H,6,8H2,1-2H3;2-4,7,11,14H,5-6H2,1H3;1H3;/q-1;;;-1;+2. The number of alkyl carbamates (subject to hydrolysis) is 1. The van der Waals surface area contributed by atoms with Gasteiger partial charge < -0.3 is 31.8 Å². The Hall–Kier alpha value is -4.06. The van der Waals surface area contributed by atoms with Crippen molar-refractivity contribution in [2.24, 2.45) is 26.2 Å². The molecule has 1 heterocycles. The van der Waals surface area contributed by atoms with E-state index < -0.39 is 11.5 Å². The molecule has 3 rings (SSSR count). The van der Waals surface area contributed by atoms with Crippen molar-refractivity contribution in [2.45, 2.75) is 60.2 Å². The molecule has 2 unspecified atom stereocenters. The summed E-state index contributed by atoms with van der Waals surface area (Å²) in [6.07, 6.45) is 11.7. The van der Waals surface area contributed by atoms with Crippen LogP contribution in [0, 0.1) is 49.4 Å². The first-order valence-corrected chi connectivity index (χ1v) is 18.5. The number of nitrogens with zero attached hydrogens (tertiary/aromatic N) is 3. The van der Waals surface area contributed by atoms with E-state index in [0.29, 0.717) is 40.5 Å². The van der Waals surface area contributed by atoms with Gasteiger partial charge in [0.1, 0.15) is 0 Å². The van der Waals surface area contributed by atoms with Crippen LogP contribution >= 0.6 is 8.58 Å². The van der Waals surface area contributed by atoms with Crippen LogP contribution < -0.4 is 10.6 Å². The fourth-order valence-electron chi connectivity index (χ4n) is 4.43. The van der Waals surface area contributed by atoms with Crippen molar-refractivity contribution in [2.75, 3.05) is 33.4 Å². The van der Waals surface area contributed by atoms with Crippen LogP contribution in [0.3, 0.4) is 0 Å². The number of amides is 1. The number of rotatable bonds is 18. The third kappa shape index (κ3) is 28.4. The number of benzene rings is 2. The molecule has 56 heavy (non-hydrogen) atoms. The number of allylic oxidation sites excluding steroid dienone is 2. The normalized spacial score (nSPS) is 12.5. The Morgan fingerprint density at radius 1 is 1.04 bits per heavy atom. The average molecular weight is 1010 g/mol.